The molecule has 3 nitrogen and oxygen atoms in total. The highest BCUT2D eigenvalue weighted by Gasteiger charge is 2.26. The summed E-state index contributed by atoms with van der Waals surface area (Å²) < 4.78 is 5.03. The van der Waals surface area contributed by atoms with E-state index in [-0.39, 0.29) is 5.69 Å². The van der Waals surface area contributed by atoms with Gasteiger partial charge in [0, 0.05) is 5.92 Å². The summed E-state index contributed by atoms with van der Waals surface area (Å²) in [7, 11) is 1.33. The van der Waals surface area contributed by atoms with Crippen molar-refractivity contribution in [2.45, 2.75) is 25.2 Å². The molecule has 0 spiro atoms. The van der Waals surface area contributed by atoms with E-state index in [2.05, 4.69) is 9.72 Å². The van der Waals surface area contributed by atoms with Crippen LogP contribution in [0, 0.1) is 0 Å². The van der Waals surface area contributed by atoms with Gasteiger partial charge in [0.25, 0.3) is 0 Å². The lowest BCUT2D eigenvalue weighted by atomic mass is 9.86. The molecule has 1 aliphatic rings. The van der Waals surface area contributed by atoms with Crippen molar-refractivity contribution in [3.05, 3.63) is 15.0 Å². The Hall–Kier alpha value is -0.610. The van der Waals surface area contributed by atoms with Crippen LogP contribution in [0.15, 0.2) is 0 Å². The van der Waals surface area contributed by atoms with Crippen LogP contribution >= 0.6 is 22.9 Å². The van der Waals surface area contributed by atoms with Crippen LogP contribution in [0.25, 0.3) is 0 Å². The molecule has 0 aliphatic heterocycles. The van der Waals surface area contributed by atoms with Crippen molar-refractivity contribution in [2.75, 3.05) is 7.11 Å². The number of carbonyl (C=O) groups excluding carboxylic acids is 1. The predicted molar refractivity (Wildman–Crippen MR) is 55.1 cm³/mol. The molecule has 1 aromatic rings. The van der Waals surface area contributed by atoms with Gasteiger partial charge in [-0.1, -0.05) is 18.0 Å². The first-order valence-electron chi connectivity index (χ1n) is 4.47. The highest BCUT2D eigenvalue weighted by molar-refractivity contribution is 7.16. The maximum Gasteiger partial charge on any atom is 0.359 e. The zero-order valence-electron chi connectivity index (χ0n) is 7.75. The standard InChI is InChI=1S/C9H10ClNO2S/c1-13-9(12)6-7(10)14-8(11-6)5-3-2-4-5/h5H,2-4H2,1H3. The molecular formula is C9H10ClNO2S. The van der Waals surface area contributed by atoms with Gasteiger partial charge < -0.3 is 4.74 Å². The van der Waals surface area contributed by atoms with Gasteiger partial charge in [-0.3, -0.25) is 0 Å². The van der Waals surface area contributed by atoms with Crippen LogP contribution < -0.4 is 0 Å². The minimum absolute atomic E-state index is 0.265. The Morgan fingerprint density at radius 1 is 1.64 bits per heavy atom. The van der Waals surface area contributed by atoms with Crippen molar-refractivity contribution in [3.8, 4) is 0 Å². The van der Waals surface area contributed by atoms with Crippen molar-refractivity contribution in [1.29, 1.82) is 0 Å². The monoisotopic (exact) mass is 231 g/mol. The number of hydrogen-bond donors (Lipinski definition) is 0. The predicted octanol–water partition coefficient (Wildman–Crippen LogP) is 2.85. The molecule has 5 heteroatoms. The first-order chi connectivity index (χ1) is 6.72. The van der Waals surface area contributed by atoms with E-state index in [9.17, 15) is 4.79 Å². The van der Waals surface area contributed by atoms with Crippen molar-refractivity contribution < 1.29 is 9.53 Å². The van der Waals surface area contributed by atoms with Crippen molar-refractivity contribution in [1.82, 2.24) is 4.98 Å². The highest BCUT2D eigenvalue weighted by Crippen LogP contribution is 2.40. The van der Waals surface area contributed by atoms with Gasteiger partial charge in [0.15, 0.2) is 5.69 Å². The number of halogens is 1. The van der Waals surface area contributed by atoms with Crippen LogP contribution in [0.5, 0.6) is 0 Å². The SMILES string of the molecule is COC(=O)c1nc(C2CCC2)sc1Cl. The first kappa shape index (κ1) is 9.93. The van der Waals surface area contributed by atoms with E-state index in [0.717, 1.165) is 17.8 Å². The van der Waals surface area contributed by atoms with E-state index < -0.39 is 5.97 Å². The zero-order valence-corrected chi connectivity index (χ0v) is 9.32. The Labute approximate surface area is 91.1 Å². The van der Waals surface area contributed by atoms with Gasteiger partial charge in [0.2, 0.25) is 0 Å². The molecule has 0 unspecified atom stereocenters. The van der Waals surface area contributed by atoms with Crippen LogP contribution in [0.3, 0.4) is 0 Å². The minimum Gasteiger partial charge on any atom is -0.464 e. The van der Waals surface area contributed by atoms with Gasteiger partial charge in [0.05, 0.1) is 12.1 Å². The fourth-order valence-corrected chi connectivity index (χ4v) is 2.67. The third-order valence-corrected chi connectivity index (χ3v) is 3.85. The second kappa shape index (κ2) is 3.87. The summed E-state index contributed by atoms with van der Waals surface area (Å²) >= 11 is 7.29. The fraction of sp³-hybridized carbons (Fsp3) is 0.556. The fourth-order valence-electron chi connectivity index (χ4n) is 1.37. The number of rotatable bonds is 2. The summed E-state index contributed by atoms with van der Waals surface area (Å²) in [5, 5.41) is 0.974. The van der Waals surface area contributed by atoms with Gasteiger partial charge in [-0.2, -0.15) is 0 Å². The van der Waals surface area contributed by atoms with E-state index >= 15 is 0 Å². The van der Waals surface area contributed by atoms with Gasteiger partial charge in [-0.25, -0.2) is 9.78 Å². The van der Waals surface area contributed by atoms with E-state index in [1.54, 1.807) is 0 Å². The minimum atomic E-state index is -0.447. The normalized spacial score (nSPS) is 16.4. The molecule has 1 aliphatic carbocycles. The Kier molecular flexibility index (Phi) is 2.74. The summed E-state index contributed by atoms with van der Waals surface area (Å²) in [6, 6.07) is 0. The lowest BCUT2D eigenvalue weighted by molar-refractivity contribution is 0.0595. The van der Waals surface area contributed by atoms with Crippen LogP contribution in [-0.4, -0.2) is 18.1 Å². The van der Waals surface area contributed by atoms with Crippen molar-refractivity contribution in [3.63, 3.8) is 0 Å². The van der Waals surface area contributed by atoms with Crippen LogP contribution in [-0.2, 0) is 4.74 Å². The van der Waals surface area contributed by atoms with Gasteiger partial charge >= 0.3 is 5.97 Å². The average Bonchev–Trinajstić information content (AvgIpc) is 2.43. The van der Waals surface area contributed by atoms with Gasteiger partial charge in [-0.15, -0.1) is 11.3 Å². The third kappa shape index (κ3) is 1.64. The third-order valence-electron chi connectivity index (χ3n) is 2.44. The number of thiazole rings is 1. The molecule has 0 radical (unpaired) electrons. The Morgan fingerprint density at radius 2 is 2.36 bits per heavy atom. The topological polar surface area (TPSA) is 39.2 Å². The van der Waals surface area contributed by atoms with E-state index in [0.29, 0.717) is 10.3 Å². The summed E-state index contributed by atoms with van der Waals surface area (Å²) in [4.78, 5) is 15.4. The number of ether oxygens (including phenoxy) is 1. The van der Waals surface area contributed by atoms with E-state index in [4.69, 9.17) is 11.6 Å². The maximum absolute atomic E-state index is 11.2. The summed E-state index contributed by atoms with van der Waals surface area (Å²) in [6.07, 6.45) is 3.56. The lowest BCUT2D eigenvalue weighted by Crippen LogP contribution is -2.09. The lowest BCUT2D eigenvalue weighted by Gasteiger charge is -2.22. The van der Waals surface area contributed by atoms with Gasteiger partial charge in [-0.05, 0) is 12.8 Å². The van der Waals surface area contributed by atoms with E-state index in [1.807, 2.05) is 0 Å². The number of nitrogens with zero attached hydrogens (tertiary/aromatic N) is 1. The maximum atomic E-state index is 11.2. The number of esters is 1. The number of hydrogen-bond acceptors (Lipinski definition) is 4. The van der Waals surface area contributed by atoms with E-state index in [1.165, 1.54) is 24.9 Å². The summed E-state index contributed by atoms with van der Waals surface area (Å²) in [5.41, 5.74) is 0.265. The first-order valence-corrected chi connectivity index (χ1v) is 5.66. The Morgan fingerprint density at radius 3 is 2.86 bits per heavy atom. The molecule has 0 bridgehead atoms. The molecule has 0 amide bonds. The molecule has 0 atom stereocenters. The molecule has 76 valence electrons. The molecule has 0 N–H and O–H groups in total. The summed E-state index contributed by atoms with van der Waals surface area (Å²) in [6.45, 7) is 0. The van der Waals surface area contributed by atoms with Crippen molar-refractivity contribution >= 4 is 28.9 Å². The number of carbonyl (C=O) groups is 1. The molecule has 0 aromatic carbocycles. The molecule has 1 aromatic heterocycles. The number of methoxy groups -OCH3 is 1. The van der Waals surface area contributed by atoms with Crippen molar-refractivity contribution in [2.24, 2.45) is 0 Å². The largest absolute Gasteiger partial charge is 0.464 e. The molecule has 2 rings (SSSR count). The molecule has 14 heavy (non-hydrogen) atoms. The zero-order chi connectivity index (χ0) is 10.1. The van der Waals surface area contributed by atoms with Crippen LogP contribution in [0.1, 0.15) is 40.7 Å². The second-order valence-corrected chi connectivity index (χ2v) is 4.93. The Bertz CT molecular complexity index is 360. The van der Waals surface area contributed by atoms with Crippen LogP contribution in [0.2, 0.25) is 4.34 Å². The highest BCUT2D eigenvalue weighted by atomic mass is 35.5. The smallest absolute Gasteiger partial charge is 0.359 e. The second-order valence-electron chi connectivity index (χ2n) is 3.29. The van der Waals surface area contributed by atoms with Gasteiger partial charge in [0.1, 0.15) is 4.34 Å². The quantitative estimate of drug-likeness (QED) is 0.735. The molecule has 1 fully saturated rings. The summed E-state index contributed by atoms with van der Waals surface area (Å²) in [5.74, 6) is 0.0627. The van der Waals surface area contributed by atoms with Crippen LogP contribution in [0.4, 0.5) is 0 Å². The molecule has 0 saturated heterocycles. The number of aromatic nitrogens is 1. The molecule has 1 saturated carbocycles. The molecule has 1 heterocycles. The average molecular weight is 232 g/mol. The Balaban J connectivity index is 2.24. The molecular weight excluding hydrogens is 222 g/mol.